The maximum atomic E-state index is 12.4. The first-order chi connectivity index (χ1) is 11.5. The minimum atomic E-state index is -1.15. The van der Waals surface area contributed by atoms with E-state index in [1.54, 1.807) is 13.2 Å². The van der Waals surface area contributed by atoms with Gasteiger partial charge in [0.25, 0.3) is 0 Å². The van der Waals surface area contributed by atoms with Crippen molar-refractivity contribution >= 4 is 22.6 Å². The molecule has 7 heteroatoms. The number of nitrogens with zero attached hydrogens (tertiary/aromatic N) is 2. The number of ether oxygens (including phenoxy) is 1. The van der Waals surface area contributed by atoms with E-state index in [1.807, 2.05) is 6.07 Å². The van der Waals surface area contributed by atoms with Crippen molar-refractivity contribution in [2.45, 2.75) is 6.42 Å². The largest absolute Gasteiger partial charge is 0.497 e. The van der Waals surface area contributed by atoms with Gasteiger partial charge in [-0.2, -0.15) is 0 Å². The summed E-state index contributed by atoms with van der Waals surface area (Å²) in [6.07, 6.45) is 0.998. The summed E-state index contributed by atoms with van der Waals surface area (Å²) in [5.74, 6) is -0.560. The van der Waals surface area contributed by atoms with E-state index in [2.05, 4.69) is 21.8 Å². The lowest BCUT2D eigenvalue weighted by molar-refractivity contribution is 0.0691. The van der Waals surface area contributed by atoms with E-state index >= 15 is 0 Å². The molecule has 0 spiro atoms. The Kier molecular flexibility index (Phi) is 4.44. The van der Waals surface area contributed by atoms with Crippen molar-refractivity contribution in [1.82, 2.24) is 9.88 Å². The molecule has 1 aliphatic heterocycles. The summed E-state index contributed by atoms with van der Waals surface area (Å²) in [4.78, 5) is 31.0. The van der Waals surface area contributed by atoms with E-state index in [0.29, 0.717) is 16.7 Å². The number of rotatable bonds is 3. The number of aromatic carboxylic acids is 1. The Balaban J connectivity index is 2.20. The van der Waals surface area contributed by atoms with Gasteiger partial charge in [0, 0.05) is 31.8 Å². The fourth-order valence-corrected chi connectivity index (χ4v) is 3.08. The number of benzene rings is 1. The average molecular weight is 331 g/mol. The van der Waals surface area contributed by atoms with Gasteiger partial charge in [0.2, 0.25) is 0 Å². The molecule has 2 aromatic rings. The molecule has 0 aliphatic carbocycles. The molecule has 0 unspecified atom stereocenters. The molecule has 0 bridgehead atoms. The molecule has 1 saturated heterocycles. The van der Waals surface area contributed by atoms with Gasteiger partial charge in [-0.3, -0.25) is 4.79 Å². The predicted molar refractivity (Wildman–Crippen MR) is 92.4 cm³/mol. The van der Waals surface area contributed by atoms with Crippen LogP contribution in [0, 0.1) is 0 Å². The molecule has 7 nitrogen and oxygen atoms in total. The van der Waals surface area contributed by atoms with Crippen LogP contribution in [0.3, 0.4) is 0 Å². The molecule has 3 rings (SSSR count). The monoisotopic (exact) mass is 331 g/mol. The van der Waals surface area contributed by atoms with Gasteiger partial charge in [0.15, 0.2) is 5.43 Å². The second kappa shape index (κ2) is 6.52. The van der Waals surface area contributed by atoms with Crippen LogP contribution >= 0.6 is 0 Å². The number of hydrogen-bond acceptors (Lipinski definition) is 5. The summed E-state index contributed by atoms with van der Waals surface area (Å²) in [6, 6.07) is 4.62. The zero-order valence-corrected chi connectivity index (χ0v) is 13.8. The number of pyridine rings is 1. The van der Waals surface area contributed by atoms with E-state index < -0.39 is 5.97 Å². The Morgan fingerprint density at radius 2 is 2.00 bits per heavy atom. The molecule has 0 atom stereocenters. The quantitative estimate of drug-likeness (QED) is 0.884. The van der Waals surface area contributed by atoms with E-state index in [4.69, 9.17) is 4.74 Å². The number of carboxylic acid groups (broad SMARTS) is 1. The molecular weight excluding hydrogens is 310 g/mol. The summed E-state index contributed by atoms with van der Waals surface area (Å²) in [7, 11) is 3.64. The number of methoxy groups -OCH3 is 1. The van der Waals surface area contributed by atoms with Crippen LogP contribution in [-0.4, -0.2) is 61.3 Å². The van der Waals surface area contributed by atoms with Crippen LogP contribution in [0.2, 0.25) is 0 Å². The third-order valence-electron chi connectivity index (χ3n) is 4.42. The van der Waals surface area contributed by atoms with Crippen LogP contribution in [0.25, 0.3) is 10.9 Å². The molecule has 0 amide bonds. The van der Waals surface area contributed by atoms with E-state index in [1.165, 1.54) is 0 Å². The fourth-order valence-electron chi connectivity index (χ4n) is 3.08. The maximum absolute atomic E-state index is 12.4. The normalized spacial score (nSPS) is 16.2. The van der Waals surface area contributed by atoms with E-state index in [-0.39, 0.29) is 11.1 Å². The van der Waals surface area contributed by atoms with Crippen LogP contribution < -0.4 is 15.1 Å². The summed E-state index contributed by atoms with van der Waals surface area (Å²) < 4.78 is 5.33. The van der Waals surface area contributed by atoms with Crippen molar-refractivity contribution in [3.63, 3.8) is 0 Å². The van der Waals surface area contributed by atoms with Gasteiger partial charge in [-0.15, -0.1) is 0 Å². The van der Waals surface area contributed by atoms with E-state index in [0.717, 1.165) is 44.4 Å². The molecular formula is C17H21N3O4. The first-order valence-corrected chi connectivity index (χ1v) is 7.91. The number of hydrogen-bond donors (Lipinski definition) is 2. The number of H-pyrrole nitrogens is 1. The lowest BCUT2D eigenvalue weighted by Crippen LogP contribution is -2.29. The summed E-state index contributed by atoms with van der Waals surface area (Å²) in [5.41, 5.74) is 0.921. The SMILES string of the molecule is COc1cc(N2CCCN(C)CC2)c2[nH]c(C(=O)O)cc(=O)c2c1. The summed E-state index contributed by atoms with van der Waals surface area (Å²) in [6.45, 7) is 3.56. The summed E-state index contributed by atoms with van der Waals surface area (Å²) >= 11 is 0. The van der Waals surface area contributed by atoms with Gasteiger partial charge in [-0.1, -0.05) is 0 Å². The summed E-state index contributed by atoms with van der Waals surface area (Å²) in [5, 5.41) is 9.67. The van der Waals surface area contributed by atoms with Gasteiger partial charge in [-0.25, -0.2) is 4.79 Å². The standard InChI is InChI=1S/C17H21N3O4/c1-19-4-3-5-20(7-6-19)14-9-11(24-2)8-12-15(21)10-13(17(22)23)18-16(12)14/h8-10H,3-7H2,1-2H3,(H,18,21)(H,22,23). The van der Waals surface area contributed by atoms with Gasteiger partial charge in [0.1, 0.15) is 11.4 Å². The van der Waals surface area contributed by atoms with Crippen molar-refractivity contribution in [3.8, 4) is 5.75 Å². The van der Waals surface area contributed by atoms with Crippen LogP contribution in [0.1, 0.15) is 16.9 Å². The molecule has 1 aromatic heterocycles. The Hall–Kier alpha value is -2.54. The number of likely N-dealkylation sites (N-methyl/N-ethyl adjacent to an activating group) is 1. The van der Waals surface area contributed by atoms with Crippen molar-refractivity contribution in [1.29, 1.82) is 0 Å². The number of aromatic amines is 1. The highest BCUT2D eigenvalue weighted by Gasteiger charge is 2.19. The van der Waals surface area contributed by atoms with Gasteiger partial charge >= 0.3 is 5.97 Å². The zero-order chi connectivity index (χ0) is 17.3. The van der Waals surface area contributed by atoms with Crippen molar-refractivity contribution in [3.05, 3.63) is 34.1 Å². The molecule has 0 saturated carbocycles. The highest BCUT2D eigenvalue weighted by molar-refractivity contribution is 5.96. The fraction of sp³-hybridized carbons (Fsp3) is 0.412. The van der Waals surface area contributed by atoms with Crippen LogP contribution in [-0.2, 0) is 0 Å². The first-order valence-electron chi connectivity index (χ1n) is 7.91. The van der Waals surface area contributed by atoms with Gasteiger partial charge in [0.05, 0.1) is 23.7 Å². The number of fused-ring (bicyclic) bond motifs is 1. The van der Waals surface area contributed by atoms with Crippen molar-refractivity contribution in [2.75, 3.05) is 45.2 Å². The molecule has 1 aliphatic rings. The topological polar surface area (TPSA) is 85.9 Å². The number of nitrogens with one attached hydrogen (secondary N) is 1. The van der Waals surface area contributed by atoms with Crippen molar-refractivity contribution < 1.29 is 14.6 Å². The molecule has 128 valence electrons. The third-order valence-corrected chi connectivity index (χ3v) is 4.42. The highest BCUT2D eigenvalue weighted by Crippen LogP contribution is 2.30. The van der Waals surface area contributed by atoms with Crippen molar-refractivity contribution in [2.24, 2.45) is 0 Å². The smallest absolute Gasteiger partial charge is 0.352 e. The Morgan fingerprint density at radius 3 is 2.71 bits per heavy atom. The molecule has 0 radical (unpaired) electrons. The van der Waals surface area contributed by atoms with Crippen LogP contribution in [0.5, 0.6) is 5.75 Å². The number of carbonyl (C=O) groups is 1. The lowest BCUT2D eigenvalue weighted by Gasteiger charge is -2.25. The molecule has 2 N–H and O–H groups in total. The van der Waals surface area contributed by atoms with Gasteiger partial charge in [-0.05, 0) is 26.1 Å². The maximum Gasteiger partial charge on any atom is 0.352 e. The Bertz CT molecular complexity index is 830. The van der Waals surface area contributed by atoms with Crippen LogP contribution in [0.4, 0.5) is 5.69 Å². The minimum Gasteiger partial charge on any atom is -0.497 e. The second-order valence-corrected chi connectivity index (χ2v) is 6.07. The second-order valence-electron chi connectivity index (χ2n) is 6.07. The molecule has 1 fully saturated rings. The highest BCUT2D eigenvalue weighted by atomic mass is 16.5. The van der Waals surface area contributed by atoms with Crippen LogP contribution in [0.15, 0.2) is 23.0 Å². The third kappa shape index (κ3) is 3.07. The number of anilines is 1. The molecule has 2 heterocycles. The van der Waals surface area contributed by atoms with Gasteiger partial charge < -0.3 is 24.6 Å². The Labute approximate surface area is 139 Å². The average Bonchev–Trinajstić information content (AvgIpc) is 2.78. The molecule has 1 aromatic carbocycles. The lowest BCUT2D eigenvalue weighted by atomic mass is 10.1. The number of aromatic nitrogens is 1. The molecule has 24 heavy (non-hydrogen) atoms. The zero-order valence-electron chi connectivity index (χ0n) is 13.8. The number of carboxylic acids is 1. The Morgan fingerprint density at radius 1 is 1.21 bits per heavy atom. The predicted octanol–water partition coefficient (Wildman–Crippen LogP) is 1.38. The first kappa shape index (κ1) is 16.3. The van der Waals surface area contributed by atoms with E-state index in [9.17, 15) is 14.7 Å². The minimum absolute atomic E-state index is 0.106.